The molecule has 0 amide bonds. The zero-order valence-electron chi connectivity index (χ0n) is 22.2. The fraction of sp³-hybridized carbons (Fsp3) is 0.636. The van der Waals surface area contributed by atoms with E-state index in [4.69, 9.17) is 11.6 Å². The van der Waals surface area contributed by atoms with Crippen molar-refractivity contribution in [1.29, 1.82) is 0 Å². The van der Waals surface area contributed by atoms with Crippen molar-refractivity contribution in [2.75, 3.05) is 0 Å². The van der Waals surface area contributed by atoms with E-state index in [1.807, 2.05) is 0 Å². The molecule has 0 heterocycles. The fourth-order valence-corrected chi connectivity index (χ4v) is 6.95. The van der Waals surface area contributed by atoms with Crippen LogP contribution < -0.4 is 0 Å². The molecule has 2 fully saturated rings. The van der Waals surface area contributed by atoms with Crippen LogP contribution in [0.2, 0.25) is 5.02 Å². The molecule has 0 aliphatic heterocycles. The lowest BCUT2D eigenvalue weighted by Gasteiger charge is -2.32. The van der Waals surface area contributed by atoms with E-state index in [1.54, 1.807) is 36.4 Å². The molecule has 0 unspecified atom stereocenters. The SMILES string of the molecule is CCCCCCCC1CCC(CCC2CCC(c3cc(F)c(-c4ccc(Cl)cc4)c(F)c3)CC2)CC1. The minimum atomic E-state index is -0.467. The van der Waals surface area contributed by atoms with Crippen molar-refractivity contribution in [2.24, 2.45) is 17.8 Å². The minimum absolute atomic E-state index is 0.0512. The molecule has 2 aromatic carbocycles. The Morgan fingerprint density at radius 3 is 1.72 bits per heavy atom. The Hall–Kier alpha value is -1.41. The van der Waals surface area contributed by atoms with Crippen molar-refractivity contribution < 1.29 is 8.78 Å². The number of benzene rings is 2. The second-order valence-electron chi connectivity index (χ2n) is 11.8. The van der Waals surface area contributed by atoms with E-state index in [9.17, 15) is 8.78 Å². The Morgan fingerprint density at radius 1 is 0.667 bits per heavy atom. The summed E-state index contributed by atoms with van der Waals surface area (Å²) in [7, 11) is 0. The van der Waals surface area contributed by atoms with Gasteiger partial charge >= 0.3 is 0 Å². The zero-order valence-corrected chi connectivity index (χ0v) is 23.0. The van der Waals surface area contributed by atoms with E-state index in [-0.39, 0.29) is 11.5 Å². The lowest BCUT2D eigenvalue weighted by Crippen LogP contribution is -2.18. The molecule has 0 atom stereocenters. The van der Waals surface area contributed by atoms with Crippen molar-refractivity contribution in [3.63, 3.8) is 0 Å². The first-order valence-electron chi connectivity index (χ1n) is 14.8. The van der Waals surface area contributed by atoms with Gasteiger partial charge in [0.05, 0.1) is 5.56 Å². The van der Waals surface area contributed by atoms with Crippen LogP contribution in [0.25, 0.3) is 11.1 Å². The van der Waals surface area contributed by atoms with E-state index in [0.29, 0.717) is 10.6 Å². The first-order valence-corrected chi connectivity index (χ1v) is 15.2. The topological polar surface area (TPSA) is 0 Å². The maximum absolute atomic E-state index is 14.9. The molecule has 2 aromatic rings. The van der Waals surface area contributed by atoms with Gasteiger partial charge in [0.1, 0.15) is 11.6 Å². The average molecular weight is 515 g/mol. The number of halogens is 3. The minimum Gasteiger partial charge on any atom is -0.206 e. The van der Waals surface area contributed by atoms with Gasteiger partial charge in [0.25, 0.3) is 0 Å². The highest BCUT2D eigenvalue weighted by atomic mass is 35.5. The molecule has 36 heavy (non-hydrogen) atoms. The summed E-state index contributed by atoms with van der Waals surface area (Å²) >= 11 is 5.93. The molecule has 0 nitrogen and oxygen atoms in total. The van der Waals surface area contributed by atoms with Crippen molar-refractivity contribution >= 4 is 11.6 Å². The van der Waals surface area contributed by atoms with Gasteiger partial charge in [-0.15, -0.1) is 0 Å². The Labute approximate surface area is 223 Å². The predicted molar refractivity (Wildman–Crippen MR) is 150 cm³/mol. The molecular formula is C33H45ClF2. The molecule has 3 heteroatoms. The van der Waals surface area contributed by atoms with Crippen molar-refractivity contribution in [2.45, 2.75) is 116 Å². The lowest BCUT2D eigenvalue weighted by molar-refractivity contribution is 0.222. The van der Waals surface area contributed by atoms with Gasteiger partial charge in [-0.3, -0.25) is 0 Å². The number of unbranched alkanes of at least 4 members (excludes halogenated alkanes) is 4. The molecule has 198 valence electrons. The predicted octanol–water partition coefficient (Wildman–Crippen LogP) is 11.5. The molecule has 2 saturated carbocycles. The quantitative estimate of drug-likeness (QED) is 0.261. The van der Waals surface area contributed by atoms with E-state index in [2.05, 4.69) is 6.92 Å². The highest BCUT2D eigenvalue weighted by Gasteiger charge is 2.26. The molecule has 0 N–H and O–H groups in total. The molecule has 0 radical (unpaired) electrons. The maximum Gasteiger partial charge on any atom is 0.134 e. The molecule has 0 bridgehead atoms. The third kappa shape index (κ3) is 7.80. The molecule has 0 spiro atoms. The summed E-state index contributed by atoms with van der Waals surface area (Å²) in [6, 6.07) is 9.84. The average Bonchev–Trinajstić information content (AvgIpc) is 2.89. The summed E-state index contributed by atoms with van der Waals surface area (Å²) in [6.45, 7) is 2.29. The van der Waals surface area contributed by atoms with Crippen LogP contribution in [0.3, 0.4) is 0 Å². The van der Waals surface area contributed by atoms with Crippen molar-refractivity contribution in [3.05, 3.63) is 58.6 Å². The Balaban J connectivity index is 1.18. The van der Waals surface area contributed by atoms with Gasteiger partial charge < -0.3 is 0 Å². The smallest absolute Gasteiger partial charge is 0.134 e. The summed E-state index contributed by atoms with van der Waals surface area (Å²) in [5.41, 5.74) is 1.41. The van der Waals surface area contributed by atoms with Crippen LogP contribution in [-0.4, -0.2) is 0 Å². The van der Waals surface area contributed by atoms with Gasteiger partial charge in [-0.25, -0.2) is 8.78 Å². The summed E-state index contributed by atoms with van der Waals surface area (Å²) in [5, 5.41) is 0.564. The Morgan fingerprint density at radius 2 is 1.17 bits per heavy atom. The third-order valence-electron chi connectivity index (χ3n) is 9.18. The highest BCUT2D eigenvalue weighted by Crippen LogP contribution is 2.41. The summed E-state index contributed by atoms with van der Waals surface area (Å²) in [4.78, 5) is 0. The Kier molecular flexibility index (Phi) is 10.7. The van der Waals surface area contributed by atoms with Gasteiger partial charge in [-0.2, -0.15) is 0 Å². The van der Waals surface area contributed by atoms with Gasteiger partial charge in [0, 0.05) is 5.02 Å². The van der Waals surface area contributed by atoms with Crippen LogP contribution in [0, 0.1) is 29.4 Å². The molecule has 4 rings (SSSR count). The number of hydrogen-bond acceptors (Lipinski definition) is 0. The van der Waals surface area contributed by atoms with Gasteiger partial charge in [-0.05, 0) is 84.7 Å². The number of rotatable bonds is 11. The van der Waals surface area contributed by atoms with Crippen LogP contribution in [0.15, 0.2) is 36.4 Å². The summed E-state index contributed by atoms with van der Waals surface area (Å²) < 4.78 is 29.9. The maximum atomic E-state index is 14.9. The summed E-state index contributed by atoms with van der Waals surface area (Å²) in [6.07, 6.45) is 21.5. The molecule has 0 saturated heterocycles. The molecular weight excluding hydrogens is 470 g/mol. The van der Waals surface area contributed by atoms with Crippen molar-refractivity contribution in [3.8, 4) is 11.1 Å². The highest BCUT2D eigenvalue weighted by molar-refractivity contribution is 6.30. The largest absolute Gasteiger partial charge is 0.206 e. The summed E-state index contributed by atoms with van der Waals surface area (Å²) in [5.74, 6) is 2.06. The lowest BCUT2D eigenvalue weighted by atomic mass is 9.74. The van der Waals surface area contributed by atoms with Gasteiger partial charge in [0.15, 0.2) is 0 Å². The Bertz CT molecular complexity index is 898. The van der Waals surface area contributed by atoms with E-state index in [0.717, 1.165) is 36.2 Å². The van der Waals surface area contributed by atoms with Crippen molar-refractivity contribution in [1.82, 2.24) is 0 Å². The van der Waals surface area contributed by atoms with Crippen LogP contribution in [-0.2, 0) is 0 Å². The van der Waals surface area contributed by atoms with Crippen LogP contribution in [0.5, 0.6) is 0 Å². The van der Waals surface area contributed by atoms with E-state index in [1.165, 1.54) is 89.9 Å². The molecule has 2 aliphatic rings. The zero-order chi connectivity index (χ0) is 25.3. The monoisotopic (exact) mass is 514 g/mol. The second-order valence-corrected chi connectivity index (χ2v) is 12.2. The van der Waals surface area contributed by atoms with E-state index < -0.39 is 11.6 Å². The second kappa shape index (κ2) is 13.9. The standard InChI is InChI=1S/C33H45ClF2/c1-2-3-4-5-6-7-24-8-10-25(11-9-24)12-13-26-14-16-27(17-15-26)29-22-31(35)33(32(36)23-29)28-18-20-30(34)21-19-28/h18-27H,2-17H2,1H3. The van der Waals surface area contributed by atoms with Gasteiger partial charge in [0.2, 0.25) is 0 Å². The van der Waals surface area contributed by atoms with Crippen LogP contribution in [0.1, 0.15) is 121 Å². The third-order valence-corrected chi connectivity index (χ3v) is 9.43. The normalized spacial score (nSPS) is 24.7. The van der Waals surface area contributed by atoms with Gasteiger partial charge in [-0.1, -0.05) is 108 Å². The first-order chi connectivity index (χ1) is 17.5. The molecule has 2 aliphatic carbocycles. The van der Waals surface area contributed by atoms with Crippen LogP contribution in [0.4, 0.5) is 8.78 Å². The first kappa shape index (κ1) is 27.6. The van der Waals surface area contributed by atoms with E-state index >= 15 is 0 Å². The number of hydrogen-bond donors (Lipinski definition) is 0. The van der Waals surface area contributed by atoms with Crippen LogP contribution >= 0.6 is 11.6 Å². The fourth-order valence-electron chi connectivity index (χ4n) is 6.82. The molecule has 0 aromatic heterocycles.